The number of hydrogen-bond donors (Lipinski definition) is 0. The normalized spacial score (nSPS) is 11.5. The van der Waals surface area contributed by atoms with E-state index in [-0.39, 0.29) is 0 Å². The Kier molecular flexibility index (Phi) is 9.54. The predicted octanol–water partition coefficient (Wildman–Crippen LogP) is 18.4. The number of anilines is 3. The number of benzene rings is 12. The van der Waals surface area contributed by atoms with Crippen LogP contribution in [-0.2, 0) is 0 Å². The van der Waals surface area contributed by atoms with E-state index in [4.69, 9.17) is 0 Å². The van der Waals surface area contributed by atoms with Gasteiger partial charge in [0, 0.05) is 33.5 Å². The van der Waals surface area contributed by atoms with E-state index in [9.17, 15) is 0 Å². The molecular formula is C66H44N2. The minimum atomic E-state index is 1.08. The maximum absolute atomic E-state index is 2.39. The van der Waals surface area contributed by atoms with Crippen molar-refractivity contribution in [2.45, 2.75) is 0 Å². The van der Waals surface area contributed by atoms with E-state index in [1.807, 2.05) is 0 Å². The molecule has 0 fully saturated rings. The summed E-state index contributed by atoms with van der Waals surface area (Å²) in [5.41, 5.74) is 16.4. The fourth-order valence-corrected chi connectivity index (χ4v) is 10.4. The molecule has 13 rings (SSSR count). The van der Waals surface area contributed by atoms with Crippen LogP contribution in [-0.4, -0.2) is 4.57 Å². The minimum Gasteiger partial charge on any atom is -0.310 e. The van der Waals surface area contributed by atoms with Crippen molar-refractivity contribution in [2.24, 2.45) is 0 Å². The topological polar surface area (TPSA) is 8.17 Å². The predicted molar refractivity (Wildman–Crippen MR) is 290 cm³/mol. The summed E-state index contributed by atoms with van der Waals surface area (Å²) in [4.78, 5) is 2.39. The van der Waals surface area contributed by atoms with Crippen molar-refractivity contribution in [3.63, 3.8) is 0 Å². The Morgan fingerprint density at radius 1 is 0.235 bits per heavy atom. The second-order valence-corrected chi connectivity index (χ2v) is 17.7. The van der Waals surface area contributed by atoms with Gasteiger partial charge >= 0.3 is 0 Å². The van der Waals surface area contributed by atoms with Crippen LogP contribution in [0.5, 0.6) is 0 Å². The average Bonchev–Trinajstić information content (AvgIpc) is 3.75. The Morgan fingerprint density at radius 3 is 1.50 bits per heavy atom. The molecular weight excluding hydrogens is 821 g/mol. The van der Waals surface area contributed by atoms with Gasteiger partial charge in [-0.25, -0.2) is 0 Å². The first kappa shape index (κ1) is 39.4. The Balaban J connectivity index is 0.887. The van der Waals surface area contributed by atoms with Crippen LogP contribution in [0.2, 0.25) is 0 Å². The fourth-order valence-electron chi connectivity index (χ4n) is 10.4. The van der Waals surface area contributed by atoms with Crippen LogP contribution >= 0.6 is 0 Å². The highest BCUT2D eigenvalue weighted by Gasteiger charge is 2.17. The molecule has 2 heteroatoms. The summed E-state index contributed by atoms with van der Waals surface area (Å²) in [6, 6.07) is 97.5. The molecule has 0 aliphatic rings. The monoisotopic (exact) mass is 864 g/mol. The molecule has 0 unspecified atom stereocenters. The van der Waals surface area contributed by atoms with Crippen LogP contribution in [0.1, 0.15) is 0 Å². The van der Waals surface area contributed by atoms with Crippen molar-refractivity contribution in [3.05, 3.63) is 267 Å². The summed E-state index contributed by atoms with van der Waals surface area (Å²) in [7, 11) is 0. The molecule has 318 valence electrons. The van der Waals surface area contributed by atoms with Gasteiger partial charge in [0.25, 0.3) is 0 Å². The number of fused-ring (bicyclic) bond motifs is 7. The molecule has 13 aromatic rings. The molecule has 0 saturated heterocycles. The molecule has 68 heavy (non-hydrogen) atoms. The van der Waals surface area contributed by atoms with Crippen LogP contribution in [0.15, 0.2) is 267 Å². The summed E-state index contributed by atoms with van der Waals surface area (Å²) in [5.74, 6) is 0. The molecule has 0 spiro atoms. The number of nitrogens with zero attached hydrogens (tertiary/aromatic N) is 2. The van der Waals surface area contributed by atoms with E-state index in [0.29, 0.717) is 0 Å². The lowest BCUT2D eigenvalue weighted by Gasteiger charge is -2.26. The molecule has 0 aliphatic carbocycles. The van der Waals surface area contributed by atoms with E-state index in [2.05, 4.69) is 276 Å². The summed E-state index contributed by atoms with van der Waals surface area (Å²) < 4.78 is 2.39. The Morgan fingerprint density at radius 2 is 0.750 bits per heavy atom. The third-order valence-corrected chi connectivity index (χ3v) is 13.8. The van der Waals surface area contributed by atoms with Crippen molar-refractivity contribution in [1.29, 1.82) is 0 Å². The Bertz CT molecular complexity index is 4000. The second-order valence-electron chi connectivity index (χ2n) is 17.7. The summed E-state index contributed by atoms with van der Waals surface area (Å²) >= 11 is 0. The fraction of sp³-hybridized carbons (Fsp3) is 0. The first-order chi connectivity index (χ1) is 33.7. The van der Waals surface area contributed by atoms with E-state index in [0.717, 1.165) is 22.7 Å². The quantitative estimate of drug-likeness (QED) is 0.138. The van der Waals surface area contributed by atoms with Gasteiger partial charge in [-0.05, 0) is 144 Å². The van der Waals surface area contributed by atoms with Crippen molar-refractivity contribution in [3.8, 4) is 50.2 Å². The standard InChI is InChI=1S/C66H44N2/c1-2-16-55(17-3-1)68-65-23-9-8-20-63(65)64-41-35-53(44-66(64)68)49-32-38-57(39-33-49)67(58-18-10-15-54(43-58)60-21-11-22-61-59-19-7-6-13-50(59)34-40-62(60)61)56-36-30-47(31-37-56)46-24-26-48(27-25-46)52-29-28-45-12-4-5-14-51(45)42-52/h1-44H. The Hall–Kier alpha value is -8.98. The zero-order valence-electron chi connectivity index (χ0n) is 37.3. The van der Waals surface area contributed by atoms with Crippen molar-refractivity contribution >= 4 is 71.2 Å². The molecule has 1 heterocycles. The molecule has 0 bridgehead atoms. The van der Waals surface area contributed by atoms with Crippen molar-refractivity contribution < 1.29 is 0 Å². The number of rotatable bonds is 8. The SMILES string of the molecule is c1ccc(-n2c3ccccc3c3ccc(-c4ccc(N(c5ccc(-c6ccc(-c7ccc8ccccc8c7)cc6)cc5)c5cccc(-c6cccc7c6ccc6ccccc67)c5)cc4)cc32)cc1. The van der Waals surface area contributed by atoms with Crippen LogP contribution < -0.4 is 4.90 Å². The molecule has 12 aromatic carbocycles. The Labute approximate surface area is 395 Å². The molecule has 0 atom stereocenters. The molecule has 1 aromatic heterocycles. The van der Waals surface area contributed by atoms with Gasteiger partial charge in [0.15, 0.2) is 0 Å². The lowest BCUT2D eigenvalue weighted by Crippen LogP contribution is -2.10. The first-order valence-electron chi connectivity index (χ1n) is 23.4. The number of para-hydroxylation sites is 2. The van der Waals surface area contributed by atoms with Crippen LogP contribution in [0.3, 0.4) is 0 Å². The maximum Gasteiger partial charge on any atom is 0.0547 e. The molecule has 0 saturated carbocycles. The van der Waals surface area contributed by atoms with Crippen LogP contribution in [0.25, 0.3) is 104 Å². The highest BCUT2D eigenvalue weighted by molar-refractivity contribution is 6.12. The van der Waals surface area contributed by atoms with Gasteiger partial charge in [-0.1, -0.05) is 200 Å². The molecule has 2 nitrogen and oxygen atoms in total. The lowest BCUT2D eigenvalue weighted by molar-refractivity contribution is 1.18. The molecule has 0 amide bonds. The van der Waals surface area contributed by atoms with E-state index < -0.39 is 0 Å². The maximum atomic E-state index is 2.39. The van der Waals surface area contributed by atoms with Gasteiger partial charge in [-0.2, -0.15) is 0 Å². The molecule has 0 aliphatic heterocycles. The van der Waals surface area contributed by atoms with Crippen molar-refractivity contribution in [1.82, 2.24) is 4.57 Å². The van der Waals surface area contributed by atoms with E-state index in [1.165, 1.54) is 98.6 Å². The zero-order chi connectivity index (χ0) is 45.0. The minimum absolute atomic E-state index is 1.08. The second kappa shape index (κ2) is 16.5. The van der Waals surface area contributed by atoms with E-state index in [1.54, 1.807) is 0 Å². The van der Waals surface area contributed by atoms with E-state index >= 15 is 0 Å². The molecule has 0 N–H and O–H groups in total. The third kappa shape index (κ3) is 6.90. The summed E-state index contributed by atoms with van der Waals surface area (Å²) in [5, 5.41) is 10.1. The van der Waals surface area contributed by atoms with Gasteiger partial charge in [-0.15, -0.1) is 0 Å². The highest BCUT2D eigenvalue weighted by atomic mass is 15.1. The summed E-state index contributed by atoms with van der Waals surface area (Å²) in [6.07, 6.45) is 0. The summed E-state index contributed by atoms with van der Waals surface area (Å²) in [6.45, 7) is 0. The first-order valence-corrected chi connectivity index (χ1v) is 23.4. The molecule has 0 radical (unpaired) electrons. The van der Waals surface area contributed by atoms with Gasteiger partial charge < -0.3 is 9.47 Å². The van der Waals surface area contributed by atoms with Crippen LogP contribution in [0, 0.1) is 0 Å². The van der Waals surface area contributed by atoms with Gasteiger partial charge in [-0.3, -0.25) is 0 Å². The zero-order valence-corrected chi connectivity index (χ0v) is 37.3. The van der Waals surface area contributed by atoms with Crippen molar-refractivity contribution in [2.75, 3.05) is 4.90 Å². The highest BCUT2D eigenvalue weighted by Crippen LogP contribution is 2.41. The number of hydrogen-bond acceptors (Lipinski definition) is 1. The van der Waals surface area contributed by atoms with Gasteiger partial charge in [0.05, 0.1) is 11.0 Å². The smallest absolute Gasteiger partial charge is 0.0547 e. The number of aromatic nitrogens is 1. The van der Waals surface area contributed by atoms with Crippen LogP contribution in [0.4, 0.5) is 17.1 Å². The van der Waals surface area contributed by atoms with Gasteiger partial charge in [0.2, 0.25) is 0 Å². The van der Waals surface area contributed by atoms with Gasteiger partial charge in [0.1, 0.15) is 0 Å². The average molecular weight is 865 g/mol. The third-order valence-electron chi connectivity index (χ3n) is 13.8. The lowest BCUT2D eigenvalue weighted by atomic mass is 9.94. The largest absolute Gasteiger partial charge is 0.310 e.